The molecule has 19 heavy (non-hydrogen) atoms. The average Bonchev–Trinajstić information content (AvgIpc) is 2.41. The van der Waals surface area contributed by atoms with Crippen LogP contribution in [-0.4, -0.2) is 16.6 Å². The van der Waals surface area contributed by atoms with Crippen LogP contribution in [0, 0.1) is 18.3 Å². The van der Waals surface area contributed by atoms with Crippen molar-refractivity contribution >= 4 is 11.7 Å². The van der Waals surface area contributed by atoms with Gasteiger partial charge in [0.1, 0.15) is 11.6 Å². The third-order valence-electron chi connectivity index (χ3n) is 3.79. The Labute approximate surface area is 113 Å². The Hall–Kier alpha value is -2.02. The van der Waals surface area contributed by atoms with Gasteiger partial charge in [-0.15, -0.1) is 0 Å². The van der Waals surface area contributed by atoms with Crippen LogP contribution in [0.25, 0.3) is 0 Å². The normalized spacial score (nSPS) is 17.5. The van der Waals surface area contributed by atoms with Crippen LogP contribution in [-0.2, 0) is 4.79 Å². The molecule has 1 saturated carbocycles. The largest absolute Gasteiger partial charge is 0.480 e. The van der Waals surface area contributed by atoms with Gasteiger partial charge in [-0.3, -0.25) is 0 Å². The Morgan fingerprint density at radius 1 is 1.37 bits per heavy atom. The van der Waals surface area contributed by atoms with E-state index in [1.54, 1.807) is 12.1 Å². The molecule has 0 aliphatic heterocycles. The molecule has 4 heteroatoms. The second-order valence-corrected chi connectivity index (χ2v) is 5.23. The number of carbonyl (C=O) groups is 1. The molecule has 1 aliphatic carbocycles. The van der Waals surface area contributed by atoms with E-state index in [1.807, 2.05) is 13.0 Å². The number of anilines is 1. The zero-order valence-corrected chi connectivity index (χ0v) is 11.1. The molecular weight excluding hydrogens is 240 g/mol. The lowest BCUT2D eigenvalue weighted by atomic mass is 9.81. The summed E-state index contributed by atoms with van der Waals surface area (Å²) in [7, 11) is 0. The fourth-order valence-electron chi connectivity index (χ4n) is 2.67. The van der Waals surface area contributed by atoms with Gasteiger partial charge in [0.05, 0.1) is 11.3 Å². The number of hydrogen-bond donors (Lipinski definition) is 2. The maximum Gasteiger partial charge on any atom is 0.329 e. The zero-order valence-electron chi connectivity index (χ0n) is 11.1. The van der Waals surface area contributed by atoms with Gasteiger partial charge >= 0.3 is 5.97 Å². The average molecular weight is 258 g/mol. The summed E-state index contributed by atoms with van der Waals surface area (Å²) in [5.41, 5.74) is 1.21. The molecule has 0 saturated heterocycles. The standard InChI is InChI=1S/C15H18N2O2/c1-11-5-6-13(12(9-11)10-16)17-15(14(18)19)7-3-2-4-8-15/h5-6,9,17H,2-4,7-8H2,1H3,(H,18,19). The van der Waals surface area contributed by atoms with Crippen molar-refractivity contribution in [3.8, 4) is 6.07 Å². The van der Waals surface area contributed by atoms with E-state index in [1.165, 1.54) is 0 Å². The lowest BCUT2D eigenvalue weighted by molar-refractivity contribution is -0.143. The first-order valence-corrected chi connectivity index (χ1v) is 6.60. The van der Waals surface area contributed by atoms with E-state index < -0.39 is 11.5 Å². The maximum absolute atomic E-state index is 11.6. The number of rotatable bonds is 3. The van der Waals surface area contributed by atoms with Crippen molar-refractivity contribution in [2.24, 2.45) is 0 Å². The minimum atomic E-state index is -0.918. The third-order valence-corrected chi connectivity index (χ3v) is 3.79. The van der Waals surface area contributed by atoms with Crippen LogP contribution in [0.1, 0.15) is 43.2 Å². The summed E-state index contributed by atoms with van der Waals surface area (Å²) < 4.78 is 0. The molecule has 0 atom stereocenters. The first-order chi connectivity index (χ1) is 9.07. The molecule has 2 N–H and O–H groups in total. The van der Waals surface area contributed by atoms with Crippen LogP contribution in [0.2, 0.25) is 0 Å². The number of hydrogen-bond acceptors (Lipinski definition) is 3. The van der Waals surface area contributed by atoms with Crippen LogP contribution in [0.4, 0.5) is 5.69 Å². The minimum absolute atomic E-state index is 0.506. The molecule has 0 spiro atoms. The van der Waals surface area contributed by atoms with Crippen LogP contribution >= 0.6 is 0 Å². The molecule has 0 unspecified atom stereocenters. The van der Waals surface area contributed by atoms with E-state index in [2.05, 4.69) is 11.4 Å². The number of aliphatic carboxylic acids is 1. The second-order valence-electron chi connectivity index (χ2n) is 5.23. The summed E-state index contributed by atoms with van der Waals surface area (Å²) in [6, 6.07) is 7.59. The predicted molar refractivity (Wildman–Crippen MR) is 73.0 cm³/mol. The van der Waals surface area contributed by atoms with Crippen molar-refractivity contribution < 1.29 is 9.90 Å². The maximum atomic E-state index is 11.6. The minimum Gasteiger partial charge on any atom is -0.480 e. The molecule has 100 valence electrons. The van der Waals surface area contributed by atoms with Crippen LogP contribution in [0.3, 0.4) is 0 Å². The van der Waals surface area contributed by atoms with Crippen molar-refractivity contribution in [2.45, 2.75) is 44.6 Å². The van der Waals surface area contributed by atoms with E-state index in [-0.39, 0.29) is 0 Å². The number of aryl methyl sites for hydroxylation is 1. The van der Waals surface area contributed by atoms with Crippen molar-refractivity contribution in [1.82, 2.24) is 0 Å². The quantitative estimate of drug-likeness (QED) is 0.873. The highest BCUT2D eigenvalue weighted by atomic mass is 16.4. The molecule has 1 fully saturated rings. The number of nitrogens with one attached hydrogen (secondary N) is 1. The van der Waals surface area contributed by atoms with E-state index >= 15 is 0 Å². The molecule has 4 nitrogen and oxygen atoms in total. The summed E-state index contributed by atoms with van der Waals surface area (Å²) >= 11 is 0. The molecule has 1 aromatic carbocycles. The first-order valence-electron chi connectivity index (χ1n) is 6.60. The number of carboxylic acid groups (broad SMARTS) is 1. The third kappa shape index (κ3) is 2.70. The lowest BCUT2D eigenvalue weighted by Crippen LogP contribution is -2.48. The van der Waals surface area contributed by atoms with Gasteiger partial charge in [0, 0.05) is 0 Å². The SMILES string of the molecule is Cc1ccc(NC2(C(=O)O)CCCCC2)c(C#N)c1. The zero-order chi connectivity index (χ0) is 13.9. The van der Waals surface area contributed by atoms with Crippen LogP contribution in [0.5, 0.6) is 0 Å². The van der Waals surface area contributed by atoms with Crippen molar-refractivity contribution in [3.63, 3.8) is 0 Å². The summed E-state index contributed by atoms with van der Waals surface area (Å²) in [5, 5.41) is 21.8. The van der Waals surface area contributed by atoms with Gasteiger partial charge in [-0.2, -0.15) is 5.26 Å². The number of carboxylic acids is 1. The van der Waals surface area contributed by atoms with Crippen LogP contribution in [0.15, 0.2) is 18.2 Å². The van der Waals surface area contributed by atoms with Crippen molar-refractivity contribution in [1.29, 1.82) is 5.26 Å². The van der Waals surface area contributed by atoms with E-state index in [4.69, 9.17) is 5.26 Å². The predicted octanol–water partition coefficient (Wildman–Crippen LogP) is 3.07. The van der Waals surface area contributed by atoms with Gasteiger partial charge in [-0.1, -0.05) is 25.3 Å². The molecular formula is C15H18N2O2. The second kappa shape index (κ2) is 5.31. The molecule has 1 aromatic rings. The fraction of sp³-hybridized carbons (Fsp3) is 0.467. The summed E-state index contributed by atoms with van der Waals surface area (Å²) in [6.07, 6.45) is 4.12. The Bertz CT molecular complexity index is 525. The summed E-state index contributed by atoms with van der Waals surface area (Å²) in [5.74, 6) is -0.823. The van der Waals surface area contributed by atoms with Crippen molar-refractivity contribution in [3.05, 3.63) is 29.3 Å². The molecule has 0 radical (unpaired) electrons. The fourth-order valence-corrected chi connectivity index (χ4v) is 2.67. The van der Waals surface area contributed by atoms with E-state index in [0.29, 0.717) is 24.1 Å². The lowest BCUT2D eigenvalue weighted by Gasteiger charge is -2.35. The highest BCUT2D eigenvalue weighted by Gasteiger charge is 2.39. The molecule has 0 aromatic heterocycles. The topological polar surface area (TPSA) is 73.1 Å². The van der Waals surface area contributed by atoms with Gasteiger partial charge in [-0.05, 0) is 37.5 Å². The summed E-state index contributed by atoms with van der Waals surface area (Å²) in [6.45, 7) is 1.91. The van der Waals surface area contributed by atoms with Gasteiger partial charge in [0.25, 0.3) is 0 Å². The van der Waals surface area contributed by atoms with E-state index in [0.717, 1.165) is 24.8 Å². The molecule has 1 aliphatic rings. The Morgan fingerprint density at radius 2 is 2.05 bits per heavy atom. The van der Waals surface area contributed by atoms with Gasteiger partial charge in [0.2, 0.25) is 0 Å². The monoisotopic (exact) mass is 258 g/mol. The Morgan fingerprint density at radius 3 is 2.63 bits per heavy atom. The first kappa shape index (κ1) is 13.4. The van der Waals surface area contributed by atoms with Gasteiger partial charge in [-0.25, -0.2) is 4.79 Å². The molecule has 0 bridgehead atoms. The summed E-state index contributed by atoms with van der Waals surface area (Å²) in [4.78, 5) is 11.6. The molecule has 2 rings (SSSR count). The number of nitrogens with zero attached hydrogens (tertiary/aromatic N) is 1. The molecule has 0 amide bonds. The van der Waals surface area contributed by atoms with Gasteiger partial charge < -0.3 is 10.4 Å². The highest BCUT2D eigenvalue weighted by Crippen LogP contribution is 2.33. The number of nitriles is 1. The van der Waals surface area contributed by atoms with Crippen molar-refractivity contribution in [2.75, 3.05) is 5.32 Å². The van der Waals surface area contributed by atoms with E-state index in [9.17, 15) is 9.90 Å². The van der Waals surface area contributed by atoms with Gasteiger partial charge in [0.15, 0.2) is 0 Å². The highest BCUT2D eigenvalue weighted by molar-refractivity contribution is 5.83. The van der Waals surface area contributed by atoms with Crippen LogP contribution < -0.4 is 5.32 Å². The number of benzene rings is 1. The Balaban J connectivity index is 2.32. The molecule has 0 heterocycles. The smallest absolute Gasteiger partial charge is 0.329 e. The Kier molecular flexibility index (Phi) is 3.75.